The van der Waals surface area contributed by atoms with Crippen LogP contribution < -0.4 is 0 Å². The first kappa shape index (κ1) is 17.4. The summed E-state index contributed by atoms with van der Waals surface area (Å²) in [6.45, 7) is 1.69. The normalized spacial score (nSPS) is 10.7. The number of halogens is 1. The predicted octanol–water partition coefficient (Wildman–Crippen LogP) is 4.40. The number of esters is 2. The summed E-state index contributed by atoms with van der Waals surface area (Å²) < 4.78 is 10.7. The molecule has 5 nitrogen and oxygen atoms in total. The highest BCUT2D eigenvalue weighted by molar-refractivity contribution is 7.17. The van der Waals surface area contributed by atoms with Crippen LogP contribution in [0.5, 0.6) is 0 Å². The summed E-state index contributed by atoms with van der Waals surface area (Å²) in [6.07, 6.45) is 0. The third-order valence-corrected chi connectivity index (χ3v) is 4.94. The van der Waals surface area contributed by atoms with Crippen LogP contribution >= 0.6 is 22.9 Å². The van der Waals surface area contributed by atoms with E-state index in [1.54, 1.807) is 12.1 Å². The highest BCUT2D eigenvalue weighted by atomic mass is 35.5. The van der Waals surface area contributed by atoms with E-state index in [0.29, 0.717) is 20.5 Å². The number of hydrogen-bond acceptors (Lipinski definition) is 6. The number of carbonyl (C=O) groups is 2. The number of hydrogen-bond donors (Lipinski definition) is 0. The van der Waals surface area contributed by atoms with Gasteiger partial charge in [0.2, 0.25) is 0 Å². The number of fused-ring (bicyclic) bond motifs is 1. The van der Waals surface area contributed by atoms with Gasteiger partial charge in [-0.25, -0.2) is 14.6 Å². The lowest BCUT2D eigenvalue weighted by Crippen LogP contribution is -2.13. The van der Waals surface area contributed by atoms with Crippen molar-refractivity contribution in [1.82, 2.24) is 4.98 Å². The first-order chi connectivity index (χ1) is 12.0. The summed E-state index contributed by atoms with van der Waals surface area (Å²) in [5.74, 6) is -1.03. The molecule has 7 heteroatoms. The molecule has 128 valence electrons. The van der Waals surface area contributed by atoms with Crippen molar-refractivity contribution in [3.8, 4) is 0 Å². The zero-order chi connectivity index (χ0) is 18.0. The molecule has 0 saturated heterocycles. The molecule has 2 heterocycles. The van der Waals surface area contributed by atoms with E-state index in [-0.39, 0.29) is 6.61 Å². The molecule has 0 aliphatic carbocycles. The average molecular weight is 376 g/mol. The molecule has 0 fully saturated rings. The lowest BCUT2D eigenvalue weighted by atomic mass is 10.0. The average Bonchev–Trinajstić information content (AvgIpc) is 3.05. The number of ether oxygens (including phenoxy) is 2. The maximum atomic E-state index is 12.2. The Bertz CT molecular complexity index is 967. The maximum Gasteiger partial charge on any atom is 0.348 e. The van der Waals surface area contributed by atoms with Gasteiger partial charge in [0.05, 0.1) is 28.2 Å². The second-order valence-corrected chi connectivity index (χ2v) is 6.96. The number of aryl methyl sites for hydroxylation is 1. The predicted molar refractivity (Wildman–Crippen MR) is 96.3 cm³/mol. The topological polar surface area (TPSA) is 65.5 Å². The number of nitrogens with zero attached hydrogens (tertiary/aromatic N) is 1. The molecule has 0 atom stereocenters. The largest absolute Gasteiger partial charge is 0.465 e. The first-order valence-electron chi connectivity index (χ1n) is 7.40. The fourth-order valence-electron chi connectivity index (χ4n) is 2.55. The number of pyridine rings is 1. The van der Waals surface area contributed by atoms with E-state index in [2.05, 4.69) is 4.98 Å². The van der Waals surface area contributed by atoms with Crippen LogP contribution in [0.15, 0.2) is 36.4 Å². The lowest BCUT2D eigenvalue weighted by molar-refractivity contribution is 0.0461. The van der Waals surface area contributed by atoms with Crippen molar-refractivity contribution in [1.29, 1.82) is 0 Å². The monoisotopic (exact) mass is 375 g/mol. The highest BCUT2D eigenvalue weighted by Gasteiger charge is 2.21. The minimum atomic E-state index is -0.514. The van der Waals surface area contributed by atoms with Gasteiger partial charge in [0.15, 0.2) is 0 Å². The van der Waals surface area contributed by atoms with E-state index in [1.165, 1.54) is 7.11 Å². The molecule has 0 spiro atoms. The standard InChI is InChI=1S/C18H14ClNO4S/c1-10-11-5-3-4-6-12(11)20-13(16(10)18(22)23-2)9-24-17(21)14-7-8-15(19)25-14/h3-8H,9H2,1-2H3. The van der Waals surface area contributed by atoms with Crippen molar-refractivity contribution >= 4 is 45.8 Å². The van der Waals surface area contributed by atoms with Crippen LogP contribution in [0.25, 0.3) is 10.9 Å². The molecule has 1 aromatic carbocycles. The fraction of sp³-hybridized carbons (Fsp3) is 0.167. The fourth-order valence-corrected chi connectivity index (χ4v) is 3.48. The molecule has 2 aromatic heterocycles. The molecule has 0 aliphatic rings. The van der Waals surface area contributed by atoms with Gasteiger partial charge >= 0.3 is 11.9 Å². The molecule has 0 unspecified atom stereocenters. The van der Waals surface area contributed by atoms with Gasteiger partial charge in [0.1, 0.15) is 11.5 Å². The molecule has 0 aliphatic heterocycles. The van der Waals surface area contributed by atoms with E-state index >= 15 is 0 Å². The Morgan fingerprint density at radius 3 is 2.60 bits per heavy atom. The summed E-state index contributed by atoms with van der Waals surface area (Å²) >= 11 is 6.96. The zero-order valence-electron chi connectivity index (χ0n) is 13.5. The van der Waals surface area contributed by atoms with Gasteiger partial charge in [-0.15, -0.1) is 11.3 Å². The van der Waals surface area contributed by atoms with Gasteiger partial charge < -0.3 is 9.47 Å². The summed E-state index contributed by atoms with van der Waals surface area (Å²) in [4.78, 5) is 29.2. The third-order valence-electron chi connectivity index (χ3n) is 3.73. The molecule has 0 N–H and O–H groups in total. The lowest BCUT2D eigenvalue weighted by Gasteiger charge is -2.13. The quantitative estimate of drug-likeness (QED) is 0.632. The first-order valence-corrected chi connectivity index (χ1v) is 8.59. The van der Waals surface area contributed by atoms with Crippen molar-refractivity contribution in [2.45, 2.75) is 13.5 Å². The van der Waals surface area contributed by atoms with Gasteiger partial charge in [-0.05, 0) is 30.7 Å². The van der Waals surface area contributed by atoms with Crippen molar-refractivity contribution < 1.29 is 19.1 Å². The number of carbonyl (C=O) groups excluding carboxylic acids is 2. The van der Waals surface area contributed by atoms with Crippen molar-refractivity contribution in [2.75, 3.05) is 7.11 Å². The minimum Gasteiger partial charge on any atom is -0.465 e. The van der Waals surface area contributed by atoms with Gasteiger partial charge in [0.25, 0.3) is 0 Å². The number of aromatic nitrogens is 1. The van der Waals surface area contributed by atoms with E-state index < -0.39 is 11.9 Å². The van der Waals surface area contributed by atoms with E-state index in [1.807, 2.05) is 31.2 Å². The molecule has 0 saturated carbocycles. The van der Waals surface area contributed by atoms with E-state index in [9.17, 15) is 9.59 Å². The summed E-state index contributed by atoms with van der Waals surface area (Å²) in [5, 5.41) is 0.850. The Morgan fingerprint density at radius 1 is 1.16 bits per heavy atom. The molecule has 0 amide bonds. The molecular weight excluding hydrogens is 362 g/mol. The summed E-state index contributed by atoms with van der Waals surface area (Å²) in [6, 6.07) is 10.7. The van der Waals surface area contributed by atoms with Crippen LogP contribution in [0.2, 0.25) is 4.34 Å². The highest BCUT2D eigenvalue weighted by Crippen LogP contribution is 2.25. The molecule has 3 aromatic rings. The van der Waals surface area contributed by atoms with Gasteiger partial charge in [0, 0.05) is 5.39 Å². The van der Waals surface area contributed by atoms with Crippen LogP contribution in [0.4, 0.5) is 0 Å². The maximum absolute atomic E-state index is 12.2. The minimum absolute atomic E-state index is 0.134. The van der Waals surface area contributed by atoms with Crippen molar-refractivity contribution in [3.63, 3.8) is 0 Å². The Morgan fingerprint density at radius 2 is 1.92 bits per heavy atom. The van der Waals surface area contributed by atoms with Gasteiger partial charge in [-0.1, -0.05) is 29.8 Å². The second kappa shape index (κ2) is 7.21. The second-order valence-electron chi connectivity index (χ2n) is 5.25. The number of thiophene rings is 1. The zero-order valence-corrected chi connectivity index (χ0v) is 15.1. The van der Waals surface area contributed by atoms with Crippen LogP contribution in [0.1, 0.15) is 31.3 Å². The number of methoxy groups -OCH3 is 1. The number of para-hydroxylation sites is 1. The third kappa shape index (κ3) is 3.50. The summed E-state index contributed by atoms with van der Waals surface area (Å²) in [5.41, 5.74) is 2.14. The molecule has 3 rings (SSSR count). The van der Waals surface area contributed by atoms with Crippen LogP contribution in [-0.4, -0.2) is 24.0 Å². The van der Waals surface area contributed by atoms with Crippen molar-refractivity contribution in [3.05, 3.63) is 62.4 Å². The number of rotatable bonds is 4. The smallest absolute Gasteiger partial charge is 0.348 e. The van der Waals surface area contributed by atoms with Crippen LogP contribution in [-0.2, 0) is 16.1 Å². The van der Waals surface area contributed by atoms with Gasteiger partial charge in [-0.2, -0.15) is 0 Å². The van der Waals surface area contributed by atoms with Crippen molar-refractivity contribution in [2.24, 2.45) is 0 Å². The summed E-state index contributed by atoms with van der Waals surface area (Å²) in [7, 11) is 1.31. The number of benzene rings is 1. The van der Waals surface area contributed by atoms with Crippen LogP contribution in [0.3, 0.4) is 0 Å². The van der Waals surface area contributed by atoms with E-state index in [0.717, 1.165) is 27.8 Å². The Hall–Kier alpha value is -2.44. The Balaban J connectivity index is 1.96. The van der Waals surface area contributed by atoms with E-state index in [4.69, 9.17) is 21.1 Å². The van der Waals surface area contributed by atoms with Crippen LogP contribution in [0, 0.1) is 6.92 Å². The molecule has 0 radical (unpaired) electrons. The molecular formula is C18H14ClNO4S. The molecule has 0 bridgehead atoms. The molecule has 25 heavy (non-hydrogen) atoms. The SMILES string of the molecule is COC(=O)c1c(COC(=O)c2ccc(Cl)s2)nc2ccccc2c1C. The Labute approximate surface area is 153 Å². The Kier molecular flexibility index (Phi) is 5.01. The van der Waals surface area contributed by atoms with Gasteiger partial charge in [-0.3, -0.25) is 0 Å².